The highest BCUT2D eigenvalue weighted by Crippen LogP contribution is 2.20. The van der Waals surface area contributed by atoms with E-state index in [1.54, 1.807) is 12.1 Å². The molecule has 0 aliphatic heterocycles. The Kier molecular flexibility index (Phi) is 8.34. The second-order valence-electron chi connectivity index (χ2n) is 6.57. The highest BCUT2D eigenvalue weighted by Gasteiger charge is 2.06. The summed E-state index contributed by atoms with van der Waals surface area (Å²) in [4.78, 5) is 15.9. The van der Waals surface area contributed by atoms with Crippen LogP contribution in [0.25, 0.3) is 0 Å². The maximum absolute atomic E-state index is 11.3. The fraction of sp³-hybridized carbons (Fsp3) is 0.364. The van der Waals surface area contributed by atoms with Crippen molar-refractivity contribution in [3.63, 3.8) is 0 Å². The van der Waals surface area contributed by atoms with Gasteiger partial charge in [-0.15, -0.1) is 0 Å². The quantitative estimate of drug-likeness (QED) is 0.459. The average molecular weight is 383 g/mol. The average Bonchev–Trinajstić information content (AvgIpc) is 2.69. The van der Waals surface area contributed by atoms with Gasteiger partial charge < -0.3 is 21.1 Å². The zero-order chi connectivity index (χ0) is 20.4. The summed E-state index contributed by atoms with van der Waals surface area (Å²) in [6.07, 6.45) is 0.968. The first kappa shape index (κ1) is 21.3. The predicted octanol–water partition coefficient (Wildman–Crippen LogP) is 3.14. The molecule has 0 aliphatic carbocycles. The fourth-order valence-electron chi connectivity index (χ4n) is 2.67. The van der Waals surface area contributed by atoms with Crippen molar-refractivity contribution in [2.24, 2.45) is 10.7 Å². The first-order chi connectivity index (χ1) is 13.5. The zero-order valence-corrected chi connectivity index (χ0v) is 16.9. The van der Waals surface area contributed by atoms with Crippen LogP contribution >= 0.6 is 0 Å². The number of primary amides is 1. The SMILES string of the molecule is CCCOc1cc(C)ccc1CNC(=NCc1cccc(C(N)=O)c1)NCC. The lowest BCUT2D eigenvalue weighted by molar-refractivity contribution is 0.1000. The third kappa shape index (κ3) is 6.61. The topological polar surface area (TPSA) is 88.7 Å². The Hall–Kier alpha value is -3.02. The summed E-state index contributed by atoms with van der Waals surface area (Å²) in [6.45, 7) is 8.67. The summed E-state index contributed by atoms with van der Waals surface area (Å²) in [5, 5.41) is 6.59. The summed E-state index contributed by atoms with van der Waals surface area (Å²) in [5.74, 6) is 1.17. The molecule has 0 spiro atoms. The van der Waals surface area contributed by atoms with Gasteiger partial charge in [0.2, 0.25) is 5.91 Å². The van der Waals surface area contributed by atoms with Gasteiger partial charge in [0.1, 0.15) is 5.75 Å². The number of benzene rings is 2. The maximum atomic E-state index is 11.3. The molecule has 150 valence electrons. The van der Waals surface area contributed by atoms with E-state index in [0.29, 0.717) is 31.2 Å². The summed E-state index contributed by atoms with van der Waals surface area (Å²) in [7, 11) is 0. The number of aliphatic imine (C=N–C) groups is 1. The number of rotatable bonds is 9. The Morgan fingerprint density at radius 1 is 1.14 bits per heavy atom. The molecule has 6 nitrogen and oxygen atoms in total. The van der Waals surface area contributed by atoms with Crippen LogP contribution in [0.15, 0.2) is 47.5 Å². The highest BCUT2D eigenvalue weighted by atomic mass is 16.5. The number of nitrogens with one attached hydrogen (secondary N) is 2. The maximum Gasteiger partial charge on any atom is 0.248 e. The standard InChI is InChI=1S/C22H30N4O2/c1-4-11-28-20-12-16(3)9-10-19(20)15-26-22(24-5-2)25-14-17-7-6-8-18(13-17)21(23)27/h6-10,12-13H,4-5,11,14-15H2,1-3H3,(H2,23,27)(H2,24,25,26). The molecule has 0 bridgehead atoms. The summed E-state index contributed by atoms with van der Waals surface area (Å²) in [5.41, 5.74) is 9.02. The van der Waals surface area contributed by atoms with Crippen molar-refractivity contribution in [1.82, 2.24) is 10.6 Å². The van der Waals surface area contributed by atoms with Gasteiger partial charge in [0.15, 0.2) is 5.96 Å². The summed E-state index contributed by atoms with van der Waals surface area (Å²) >= 11 is 0. The van der Waals surface area contributed by atoms with Crippen LogP contribution in [0.1, 0.15) is 47.3 Å². The minimum atomic E-state index is -0.435. The van der Waals surface area contributed by atoms with E-state index >= 15 is 0 Å². The minimum Gasteiger partial charge on any atom is -0.493 e. The number of aryl methyl sites for hydroxylation is 1. The number of ether oxygens (including phenoxy) is 1. The lowest BCUT2D eigenvalue weighted by Gasteiger charge is -2.15. The monoisotopic (exact) mass is 382 g/mol. The van der Waals surface area contributed by atoms with Crippen LogP contribution in [0.2, 0.25) is 0 Å². The van der Waals surface area contributed by atoms with Crippen LogP contribution in [-0.2, 0) is 13.1 Å². The molecule has 2 rings (SSSR count). The molecule has 0 radical (unpaired) electrons. The number of nitrogens with two attached hydrogens (primary N) is 1. The molecule has 0 aromatic heterocycles. The van der Waals surface area contributed by atoms with Crippen molar-refractivity contribution in [3.8, 4) is 5.75 Å². The third-order valence-corrected chi connectivity index (χ3v) is 4.11. The van der Waals surface area contributed by atoms with Gasteiger partial charge in [0.25, 0.3) is 0 Å². The van der Waals surface area contributed by atoms with Crippen molar-refractivity contribution in [2.45, 2.75) is 40.3 Å². The molecule has 4 N–H and O–H groups in total. The van der Waals surface area contributed by atoms with Crippen LogP contribution in [0.5, 0.6) is 5.75 Å². The third-order valence-electron chi connectivity index (χ3n) is 4.11. The van der Waals surface area contributed by atoms with Crippen LogP contribution in [-0.4, -0.2) is 25.0 Å². The van der Waals surface area contributed by atoms with E-state index in [4.69, 9.17) is 10.5 Å². The zero-order valence-electron chi connectivity index (χ0n) is 16.9. The molecule has 0 unspecified atom stereocenters. The van der Waals surface area contributed by atoms with Crippen LogP contribution in [0.3, 0.4) is 0 Å². The molecule has 0 aliphatic rings. The number of amides is 1. The van der Waals surface area contributed by atoms with E-state index in [9.17, 15) is 4.79 Å². The summed E-state index contributed by atoms with van der Waals surface area (Å²) in [6, 6.07) is 13.4. The van der Waals surface area contributed by atoms with Crippen molar-refractivity contribution in [2.75, 3.05) is 13.2 Å². The Bertz CT molecular complexity index is 818. The number of carbonyl (C=O) groups excluding carboxylic acids is 1. The van der Waals surface area contributed by atoms with Gasteiger partial charge in [-0.25, -0.2) is 4.99 Å². The van der Waals surface area contributed by atoms with Crippen molar-refractivity contribution in [3.05, 3.63) is 64.7 Å². The largest absolute Gasteiger partial charge is 0.493 e. The lowest BCUT2D eigenvalue weighted by Crippen LogP contribution is -2.36. The smallest absolute Gasteiger partial charge is 0.248 e. The number of nitrogens with zero attached hydrogens (tertiary/aromatic N) is 1. The van der Waals surface area contributed by atoms with Crippen molar-refractivity contribution < 1.29 is 9.53 Å². The van der Waals surface area contributed by atoms with Gasteiger partial charge >= 0.3 is 0 Å². The van der Waals surface area contributed by atoms with E-state index in [0.717, 1.165) is 29.8 Å². The van der Waals surface area contributed by atoms with Gasteiger partial charge in [-0.3, -0.25) is 4.79 Å². The summed E-state index contributed by atoms with van der Waals surface area (Å²) < 4.78 is 5.88. The molecule has 2 aromatic carbocycles. The Balaban J connectivity index is 2.07. The molecule has 0 atom stereocenters. The lowest BCUT2D eigenvalue weighted by atomic mass is 10.1. The number of guanidine groups is 1. The first-order valence-corrected chi connectivity index (χ1v) is 9.66. The number of hydrogen-bond donors (Lipinski definition) is 3. The van der Waals surface area contributed by atoms with Crippen molar-refractivity contribution in [1.29, 1.82) is 0 Å². The second kappa shape index (κ2) is 11.0. The predicted molar refractivity (Wildman–Crippen MR) is 114 cm³/mol. The van der Waals surface area contributed by atoms with Gasteiger partial charge in [0, 0.05) is 24.2 Å². The molecular formula is C22H30N4O2. The molecule has 0 saturated heterocycles. The number of carbonyl (C=O) groups is 1. The minimum absolute atomic E-state index is 0.435. The van der Waals surface area contributed by atoms with Gasteiger partial charge in [0.05, 0.1) is 13.2 Å². The fourth-order valence-corrected chi connectivity index (χ4v) is 2.67. The van der Waals surface area contributed by atoms with E-state index in [2.05, 4.69) is 47.7 Å². The normalized spacial score (nSPS) is 11.2. The molecule has 1 amide bonds. The Morgan fingerprint density at radius 3 is 2.68 bits per heavy atom. The van der Waals surface area contributed by atoms with E-state index in [1.165, 1.54) is 5.56 Å². The first-order valence-electron chi connectivity index (χ1n) is 9.66. The second-order valence-corrected chi connectivity index (χ2v) is 6.57. The van der Waals surface area contributed by atoms with Crippen LogP contribution < -0.4 is 21.1 Å². The van der Waals surface area contributed by atoms with E-state index in [1.807, 2.05) is 19.1 Å². The van der Waals surface area contributed by atoms with Crippen molar-refractivity contribution >= 4 is 11.9 Å². The van der Waals surface area contributed by atoms with E-state index < -0.39 is 5.91 Å². The van der Waals surface area contributed by atoms with Gasteiger partial charge in [-0.05, 0) is 49.6 Å². The van der Waals surface area contributed by atoms with Gasteiger partial charge in [-0.1, -0.05) is 31.2 Å². The highest BCUT2D eigenvalue weighted by molar-refractivity contribution is 5.92. The van der Waals surface area contributed by atoms with Gasteiger partial charge in [-0.2, -0.15) is 0 Å². The molecule has 28 heavy (non-hydrogen) atoms. The van der Waals surface area contributed by atoms with Crippen LogP contribution in [0, 0.1) is 6.92 Å². The van der Waals surface area contributed by atoms with Crippen LogP contribution in [0.4, 0.5) is 0 Å². The molecule has 2 aromatic rings. The molecule has 0 heterocycles. The molecular weight excluding hydrogens is 352 g/mol. The number of hydrogen-bond acceptors (Lipinski definition) is 3. The Morgan fingerprint density at radius 2 is 1.96 bits per heavy atom. The van der Waals surface area contributed by atoms with E-state index in [-0.39, 0.29) is 0 Å². The molecule has 6 heteroatoms. The molecule has 0 saturated carbocycles. The molecule has 0 fully saturated rings. The Labute approximate surface area is 167 Å².